The molecule has 0 bridgehead atoms. The molecular formula is C23H39N3O5S. The van der Waals surface area contributed by atoms with Gasteiger partial charge in [-0.3, -0.25) is 9.69 Å². The number of methoxy groups -OCH3 is 1. The van der Waals surface area contributed by atoms with E-state index in [1.807, 2.05) is 13.8 Å². The van der Waals surface area contributed by atoms with Gasteiger partial charge in [0.05, 0.1) is 25.2 Å². The van der Waals surface area contributed by atoms with Gasteiger partial charge >= 0.3 is 0 Å². The van der Waals surface area contributed by atoms with Crippen LogP contribution in [0.5, 0.6) is 5.75 Å². The molecule has 1 aromatic rings. The molecule has 1 amide bonds. The van der Waals surface area contributed by atoms with Crippen LogP contribution in [0.25, 0.3) is 0 Å². The number of morpholine rings is 1. The van der Waals surface area contributed by atoms with Gasteiger partial charge in [0.2, 0.25) is 15.9 Å². The van der Waals surface area contributed by atoms with Gasteiger partial charge in [-0.15, -0.1) is 0 Å². The van der Waals surface area contributed by atoms with Gasteiger partial charge in [0.15, 0.2) is 0 Å². The maximum absolute atomic E-state index is 13.1. The number of nitrogens with zero attached hydrogens (tertiary/aromatic N) is 1. The summed E-state index contributed by atoms with van der Waals surface area (Å²) >= 11 is 0. The zero-order valence-corrected chi connectivity index (χ0v) is 20.8. The summed E-state index contributed by atoms with van der Waals surface area (Å²) in [7, 11) is -2.33. The van der Waals surface area contributed by atoms with Gasteiger partial charge in [0.25, 0.3) is 0 Å². The van der Waals surface area contributed by atoms with Crippen LogP contribution in [0.4, 0.5) is 0 Å². The molecule has 1 heterocycles. The van der Waals surface area contributed by atoms with Crippen LogP contribution in [0.1, 0.15) is 40.5 Å². The number of amides is 1. The lowest BCUT2D eigenvalue weighted by Gasteiger charge is -2.39. The number of ether oxygens (including phenoxy) is 2. The van der Waals surface area contributed by atoms with Crippen LogP contribution >= 0.6 is 0 Å². The highest BCUT2D eigenvalue weighted by Gasteiger charge is 2.31. The van der Waals surface area contributed by atoms with Crippen molar-refractivity contribution in [3.8, 4) is 5.75 Å². The second kappa shape index (κ2) is 12.5. The Morgan fingerprint density at radius 3 is 2.22 bits per heavy atom. The number of hydrogen-bond donors (Lipinski definition) is 2. The van der Waals surface area contributed by atoms with Crippen LogP contribution in [0.2, 0.25) is 0 Å². The van der Waals surface area contributed by atoms with Crippen molar-refractivity contribution in [2.75, 3.05) is 40.0 Å². The standard InChI is InChI=1S/C23H39N3O5S/c1-6-18(7-2)21(26-12-14-31-15-13-26)16-24-23(27)22(17(3)4)25-32(28,29)20-10-8-19(30-5)9-11-20/h8-11,17-18,21-22,25H,6-7,12-16H2,1-5H3,(H,24,27)/t21?,22-/m0/s1. The minimum Gasteiger partial charge on any atom is -0.497 e. The molecule has 0 spiro atoms. The number of nitrogens with one attached hydrogen (secondary N) is 2. The summed E-state index contributed by atoms with van der Waals surface area (Å²) in [5.41, 5.74) is 0. The van der Waals surface area contributed by atoms with E-state index in [0.717, 1.165) is 25.9 Å². The molecule has 0 aliphatic carbocycles. The average Bonchev–Trinajstić information content (AvgIpc) is 2.80. The lowest BCUT2D eigenvalue weighted by Crippen LogP contribution is -2.55. The Morgan fingerprint density at radius 2 is 1.72 bits per heavy atom. The van der Waals surface area contributed by atoms with Crippen molar-refractivity contribution < 1.29 is 22.7 Å². The quantitative estimate of drug-likeness (QED) is 0.487. The molecule has 1 fully saturated rings. The number of sulfonamides is 1. The normalized spacial score (nSPS) is 17.3. The van der Waals surface area contributed by atoms with E-state index in [1.165, 1.54) is 19.2 Å². The summed E-state index contributed by atoms with van der Waals surface area (Å²) in [5.74, 6) is 0.499. The molecule has 1 aliphatic heterocycles. The third-order valence-corrected chi connectivity index (χ3v) is 7.65. The lowest BCUT2D eigenvalue weighted by atomic mass is 9.92. The molecular weight excluding hydrogens is 430 g/mol. The third-order valence-electron chi connectivity index (χ3n) is 6.19. The fourth-order valence-electron chi connectivity index (χ4n) is 4.13. The number of benzene rings is 1. The highest BCUT2D eigenvalue weighted by molar-refractivity contribution is 7.89. The van der Waals surface area contributed by atoms with E-state index in [-0.39, 0.29) is 22.8 Å². The first-order valence-electron chi connectivity index (χ1n) is 11.5. The zero-order valence-electron chi connectivity index (χ0n) is 20.0. The molecule has 2 N–H and O–H groups in total. The molecule has 1 aliphatic rings. The summed E-state index contributed by atoms with van der Waals surface area (Å²) in [6, 6.07) is 5.44. The largest absolute Gasteiger partial charge is 0.497 e. The number of carbonyl (C=O) groups is 1. The monoisotopic (exact) mass is 469 g/mol. The van der Waals surface area contributed by atoms with Crippen LogP contribution in [0.3, 0.4) is 0 Å². The van der Waals surface area contributed by atoms with Crippen molar-refractivity contribution >= 4 is 15.9 Å². The second-order valence-electron chi connectivity index (χ2n) is 8.56. The molecule has 1 saturated heterocycles. The van der Waals surface area contributed by atoms with Crippen molar-refractivity contribution in [2.24, 2.45) is 11.8 Å². The Kier molecular flexibility index (Phi) is 10.4. The van der Waals surface area contributed by atoms with Crippen LogP contribution in [0.15, 0.2) is 29.2 Å². The van der Waals surface area contributed by atoms with Crippen LogP contribution in [-0.4, -0.2) is 71.3 Å². The van der Waals surface area contributed by atoms with E-state index in [4.69, 9.17) is 9.47 Å². The Balaban J connectivity index is 2.10. The summed E-state index contributed by atoms with van der Waals surface area (Å²) in [6.07, 6.45) is 2.04. The molecule has 2 atom stereocenters. The Labute approximate surface area is 193 Å². The van der Waals surface area contributed by atoms with Crippen molar-refractivity contribution in [1.82, 2.24) is 14.9 Å². The first-order chi connectivity index (χ1) is 15.2. The van der Waals surface area contributed by atoms with Crippen molar-refractivity contribution in [1.29, 1.82) is 0 Å². The molecule has 0 saturated carbocycles. The van der Waals surface area contributed by atoms with Gasteiger partial charge in [0.1, 0.15) is 11.8 Å². The number of rotatable bonds is 12. The van der Waals surface area contributed by atoms with Crippen LogP contribution < -0.4 is 14.8 Å². The molecule has 0 radical (unpaired) electrons. The van der Waals surface area contributed by atoms with Crippen molar-refractivity contribution in [2.45, 2.75) is 57.5 Å². The summed E-state index contributed by atoms with van der Waals surface area (Å²) in [6.45, 7) is 11.6. The van der Waals surface area contributed by atoms with Crippen molar-refractivity contribution in [3.05, 3.63) is 24.3 Å². The molecule has 32 heavy (non-hydrogen) atoms. The van der Waals surface area contributed by atoms with Gasteiger partial charge in [-0.1, -0.05) is 40.5 Å². The van der Waals surface area contributed by atoms with E-state index in [2.05, 4.69) is 28.8 Å². The predicted molar refractivity (Wildman–Crippen MR) is 125 cm³/mol. The van der Waals surface area contributed by atoms with E-state index < -0.39 is 16.1 Å². The lowest BCUT2D eigenvalue weighted by molar-refractivity contribution is -0.124. The van der Waals surface area contributed by atoms with E-state index >= 15 is 0 Å². The van der Waals surface area contributed by atoms with Gasteiger partial charge in [-0.25, -0.2) is 8.42 Å². The van der Waals surface area contributed by atoms with Gasteiger partial charge in [0, 0.05) is 25.7 Å². The molecule has 1 unspecified atom stereocenters. The Morgan fingerprint density at radius 1 is 1.12 bits per heavy atom. The minimum absolute atomic E-state index is 0.0972. The topological polar surface area (TPSA) is 97.0 Å². The van der Waals surface area contributed by atoms with Crippen molar-refractivity contribution in [3.63, 3.8) is 0 Å². The van der Waals surface area contributed by atoms with Gasteiger partial charge < -0.3 is 14.8 Å². The first kappa shape index (κ1) is 26.6. The molecule has 1 aromatic carbocycles. The smallest absolute Gasteiger partial charge is 0.241 e. The SMILES string of the molecule is CCC(CC)C(CNC(=O)[C@@H](NS(=O)(=O)c1ccc(OC)cc1)C(C)C)N1CCOCC1. The summed E-state index contributed by atoms with van der Waals surface area (Å²) in [4.78, 5) is 15.6. The zero-order chi connectivity index (χ0) is 23.7. The molecule has 0 aromatic heterocycles. The van der Waals surface area contributed by atoms with E-state index in [9.17, 15) is 13.2 Å². The minimum atomic E-state index is -3.85. The molecule has 182 valence electrons. The third kappa shape index (κ3) is 7.16. The van der Waals surface area contributed by atoms with Gasteiger partial charge in [-0.05, 0) is 36.1 Å². The fraction of sp³-hybridized carbons (Fsp3) is 0.696. The Bertz CT molecular complexity index is 803. The van der Waals surface area contributed by atoms with Crippen LogP contribution in [-0.2, 0) is 19.6 Å². The predicted octanol–water partition coefficient (Wildman–Crippen LogP) is 2.25. The maximum atomic E-state index is 13.1. The average molecular weight is 470 g/mol. The highest BCUT2D eigenvalue weighted by atomic mass is 32.2. The number of hydrogen-bond acceptors (Lipinski definition) is 6. The maximum Gasteiger partial charge on any atom is 0.241 e. The van der Waals surface area contributed by atoms with E-state index in [0.29, 0.717) is 31.4 Å². The number of carbonyl (C=O) groups excluding carboxylic acids is 1. The highest BCUT2D eigenvalue weighted by Crippen LogP contribution is 2.20. The molecule has 8 nitrogen and oxygen atoms in total. The van der Waals surface area contributed by atoms with Gasteiger partial charge in [-0.2, -0.15) is 4.72 Å². The van der Waals surface area contributed by atoms with Crippen LogP contribution in [0, 0.1) is 11.8 Å². The second-order valence-corrected chi connectivity index (χ2v) is 10.3. The summed E-state index contributed by atoms with van der Waals surface area (Å²) < 4.78 is 38.9. The molecule has 2 rings (SSSR count). The fourth-order valence-corrected chi connectivity index (χ4v) is 5.48. The molecule has 9 heteroatoms. The first-order valence-corrected chi connectivity index (χ1v) is 13.0. The Hall–Kier alpha value is -1.68. The van der Waals surface area contributed by atoms with E-state index in [1.54, 1.807) is 12.1 Å². The summed E-state index contributed by atoms with van der Waals surface area (Å²) in [5, 5.41) is 3.03.